The highest BCUT2D eigenvalue weighted by Gasteiger charge is 2.31. The topological polar surface area (TPSA) is 83.5 Å². The van der Waals surface area contributed by atoms with Crippen LogP contribution in [0.3, 0.4) is 0 Å². The minimum atomic E-state index is -3.62. The van der Waals surface area contributed by atoms with Gasteiger partial charge in [-0.15, -0.1) is 0 Å². The average molecular weight is 549 g/mol. The summed E-state index contributed by atoms with van der Waals surface area (Å²) >= 11 is 1.47. The Morgan fingerprint density at radius 1 is 1.08 bits per heavy atom. The van der Waals surface area contributed by atoms with Gasteiger partial charge in [-0.2, -0.15) is 4.31 Å². The lowest BCUT2D eigenvalue weighted by molar-refractivity contribution is 0.0984. The number of piperidine rings is 1. The Morgan fingerprint density at radius 2 is 1.87 bits per heavy atom. The van der Waals surface area contributed by atoms with Crippen LogP contribution in [-0.4, -0.2) is 41.2 Å². The SMILES string of the molecule is CC(C)c1cccc2sc(N(Cc3ccccn3)C(=O)c3ccc(S(=O)(=O)N4CCCCC4C)cc3)nc12. The van der Waals surface area contributed by atoms with Crippen LogP contribution in [0.4, 0.5) is 5.13 Å². The maximum Gasteiger partial charge on any atom is 0.260 e. The zero-order valence-electron chi connectivity index (χ0n) is 21.9. The van der Waals surface area contributed by atoms with Gasteiger partial charge in [-0.1, -0.05) is 49.8 Å². The van der Waals surface area contributed by atoms with Gasteiger partial charge in [0.2, 0.25) is 10.0 Å². The van der Waals surface area contributed by atoms with Crippen molar-refractivity contribution in [3.05, 3.63) is 83.7 Å². The van der Waals surface area contributed by atoms with Gasteiger partial charge in [-0.05, 0) is 73.7 Å². The zero-order chi connectivity index (χ0) is 26.9. The molecule has 1 fully saturated rings. The van der Waals surface area contributed by atoms with Crippen LogP contribution in [0.1, 0.15) is 67.6 Å². The number of rotatable bonds is 7. The third-order valence-electron chi connectivity index (χ3n) is 7.03. The monoisotopic (exact) mass is 548 g/mol. The number of carbonyl (C=O) groups is 1. The van der Waals surface area contributed by atoms with Crippen LogP contribution in [0, 0.1) is 0 Å². The number of amides is 1. The summed E-state index contributed by atoms with van der Waals surface area (Å²) in [6.07, 6.45) is 4.47. The van der Waals surface area contributed by atoms with Crippen LogP contribution in [0.2, 0.25) is 0 Å². The van der Waals surface area contributed by atoms with E-state index in [4.69, 9.17) is 4.98 Å². The fraction of sp³-hybridized carbons (Fsp3) is 0.345. The van der Waals surface area contributed by atoms with Crippen molar-refractivity contribution in [3.8, 4) is 0 Å². The van der Waals surface area contributed by atoms with Crippen molar-refractivity contribution in [2.45, 2.75) is 63.4 Å². The molecule has 1 aliphatic rings. The molecule has 0 bridgehead atoms. The lowest BCUT2D eigenvalue weighted by Gasteiger charge is -2.32. The van der Waals surface area contributed by atoms with Crippen molar-refractivity contribution in [2.24, 2.45) is 0 Å². The molecule has 9 heteroatoms. The van der Waals surface area contributed by atoms with Gasteiger partial charge in [0.1, 0.15) is 0 Å². The van der Waals surface area contributed by atoms with Gasteiger partial charge in [0.05, 0.1) is 27.4 Å². The Morgan fingerprint density at radius 3 is 2.55 bits per heavy atom. The number of benzene rings is 2. The Bertz CT molecular complexity index is 1530. The van der Waals surface area contributed by atoms with E-state index in [1.54, 1.807) is 27.5 Å². The molecule has 0 saturated carbocycles. The van der Waals surface area contributed by atoms with Crippen molar-refractivity contribution < 1.29 is 13.2 Å². The molecule has 38 heavy (non-hydrogen) atoms. The molecule has 1 aliphatic heterocycles. The molecule has 3 heterocycles. The number of hydrogen-bond donors (Lipinski definition) is 0. The van der Waals surface area contributed by atoms with Gasteiger partial charge in [-0.25, -0.2) is 13.4 Å². The van der Waals surface area contributed by atoms with Crippen molar-refractivity contribution >= 4 is 42.6 Å². The van der Waals surface area contributed by atoms with Gasteiger partial charge in [0.25, 0.3) is 5.91 Å². The molecule has 7 nitrogen and oxygen atoms in total. The van der Waals surface area contributed by atoms with Crippen LogP contribution in [0.5, 0.6) is 0 Å². The highest BCUT2D eigenvalue weighted by Crippen LogP contribution is 2.35. The number of fused-ring (bicyclic) bond motifs is 1. The van der Waals surface area contributed by atoms with Crippen LogP contribution in [0.15, 0.2) is 71.8 Å². The zero-order valence-corrected chi connectivity index (χ0v) is 23.5. The maximum absolute atomic E-state index is 13.9. The Kier molecular flexibility index (Phi) is 7.61. The number of anilines is 1. The first kappa shape index (κ1) is 26.5. The van der Waals surface area contributed by atoms with Crippen LogP contribution < -0.4 is 4.90 Å². The maximum atomic E-state index is 13.9. The summed E-state index contributed by atoms with van der Waals surface area (Å²) in [4.78, 5) is 25.0. The molecule has 1 saturated heterocycles. The molecule has 5 rings (SSSR count). The summed E-state index contributed by atoms with van der Waals surface area (Å²) in [7, 11) is -3.62. The summed E-state index contributed by atoms with van der Waals surface area (Å²) in [5.41, 5.74) is 3.17. The number of aromatic nitrogens is 2. The molecule has 4 aromatic rings. The standard InChI is InChI=1S/C29H32N4O3S2/c1-20(2)25-11-8-12-26-27(25)31-29(37-26)32(19-23-10-4-6-17-30-23)28(34)22-13-15-24(16-14-22)38(35,36)33-18-7-5-9-21(33)3/h4,6,8,10-17,20-21H,5,7,9,18-19H2,1-3H3. The van der Waals surface area contributed by atoms with Gasteiger partial charge >= 0.3 is 0 Å². The number of nitrogens with zero attached hydrogens (tertiary/aromatic N) is 4. The highest BCUT2D eigenvalue weighted by molar-refractivity contribution is 7.89. The van der Waals surface area contributed by atoms with E-state index < -0.39 is 10.0 Å². The fourth-order valence-electron chi connectivity index (χ4n) is 4.91. The molecule has 1 amide bonds. The average Bonchev–Trinajstić information content (AvgIpc) is 3.36. The number of sulfonamides is 1. The molecule has 2 aromatic heterocycles. The van der Waals surface area contributed by atoms with Crippen molar-refractivity contribution in [3.63, 3.8) is 0 Å². The van der Waals surface area contributed by atoms with Crippen LogP contribution in [0.25, 0.3) is 10.2 Å². The summed E-state index contributed by atoms with van der Waals surface area (Å²) in [6.45, 7) is 6.99. The third-order valence-corrected chi connectivity index (χ3v) is 10.1. The molecule has 0 N–H and O–H groups in total. The van der Waals surface area contributed by atoms with E-state index >= 15 is 0 Å². The van der Waals surface area contributed by atoms with Crippen LogP contribution >= 0.6 is 11.3 Å². The summed E-state index contributed by atoms with van der Waals surface area (Å²) < 4.78 is 29.1. The molecular weight excluding hydrogens is 516 g/mol. The first-order chi connectivity index (χ1) is 18.3. The van der Waals surface area contributed by atoms with E-state index in [9.17, 15) is 13.2 Å². The number of hydrogen-bond acceptors (Lipinski definition) is 6. The third kappa shape index (κ3) is 5.23. The number of pyridine rings is 1. The van der Waals surface area contributed by atoms with Crippen LogP contribution in [-0.2, 0) is 16.6 Å². The molecule has 1 atom stereocenters. The molecule has 2 aromatic carbocycles. The summed E-state index contributed by atoms with van der Waals surface area (Å²) in [5, 5.41) is 0.586. The van der Waals surface area contributed by atoms with E-state index in [1.807, 2.05) is 37.3 Å². The number of thiazole rings is 1. The lowest BCUT2D eigenvalue weighted by Crippen LogP contribution is -2.41. The minimum absolute atomic E-state index is 0.0290. The lowest BCUT2D eigenvalue weighted by atomic mass is 10.0. The van der Waals surface area contributed by atoms with Gasteiger partial charge in [0.15, 0.2) is 5.13 Å². The highest BCUT2D eigenvalue weighted by atomic mass is 32.2. The van der Waals surface area contributed by atoms with Gasteiger partial charge in [0, 0.05) is 24.3 Å². The summed E-state index contributed by atoms with van der Waals surface area (Å²) in [6, 6.07) is 18.0. The second-order valence-corrected chi connectivity index (χ2v) is 12.9. The Balaban J connectivity index is 1.49. The first-order valence-corrected chi connectivity index (χ1v) is 15.2. The van der Waals surface area contributed by atoms with Crippen molar-refractivity contribution in [2.75, 3.05) is 11.4 Å². The quantitative estimate of drug-likeness (QED) is 0.274. The smallest absolute Gasteiger partial charge is 0.260 e. The normalized spacial score (nSPS) is 16.7. The van der Waals surface area contributed by atoms with E-state index in [1.165, 1.54) is 23.5 Å². The second kappa shape index (κ2) is 10.9. The molecule has 0 radical (unpaired) electrons. The van der Waals surface area contributed by atoms with E-state index in [0.29, 0.717) is 23.2 Å². The van der Waals surface area contributed by atoms with Gasteiger partial charge < -0.3 is 0 Å². The van der Waals surface area contributed by atoms with Crippen molar-refractivity contribution in [1.82, 2.24) is 14.3 Å². The van der Waals surface area contributed by atoms with Crippen molar-refractivity contribution in [1.29, 1.82) is 0 Å². The molecular formula is C29H32N4O3S2. The fourth-order valence-corrected chi connectivity index (χ4v) is 7.61. The number of carbonyl (C=O) groups excluding carboxylic acids is 1. The second-order valence-electron chi connectivity index (χ2n) is 10.0. The Labute approximate surface area is 228 Å². The largest absolute Gasteiger partial charge is 0.278 e. The Hall–Kier alpha value is -3.14. The van der Waals surface area contributed by atoms with E-state index in [2.05, 4.69) is 24.9 Å². The predicted octanol–water partition coefficient (Wildman–Crippen LogP) is 6.22. The molecule has 198 valence electrons. The molecule has 0 aliphatic carbocycles. The first-order valence-electron chi connectivity index (χ1n) is 13.0. The molecule has 0 spiro atoms. The number of para-hydroxylation sites is 1. The molecule has 1 unspecified atom stereocenters. The van der Waals surface area contributed by atoms with Gasteiger partial charge in [-0.3, -0.25) is 14.7 Å². The van der Waals surface area contributed by atoms with E-state index in [0.717, 1.165) is 40.7 Å². The summed E-state index contributed by atoms with van der Waals surface area (Å²) in [5.74, 6) is 0.0433. The minimum Gasteiger partial charge on any atom is -0.278 e. The predicted molar refractivity (Wildman–Crippen MR) is 152 cm³/mol. The van der Waals surface area contributed by atoms with E-state index in [-0.39, 0.29) is 23.4 Å².